The number of nitro groups is 1. The number of aliphatic hydroxyl groups excluding tert-OH is 1. The number of carbonyl (C=O) groups is 1. The van der Waals surface area contributed by atoms with Crippen molar-refractivity contribution in [2.24, 2.45) is 0 Å². The normalized spacial score (nSPS) is 22.1. The number of nitrogens with one attached hydrogen (secondary N) is 1. The first-order chi connectivity index (χ1) is 8.47. The van der Waals surface area contributed by atoms with Crippen molar-refractivity contribution in [1.29, 1.82) is 0 Å². The minimum Gasteiger partial charge on any atom is -0.393 e. The van der Waals surface area contributed by atoms with Gasteiger partial charge in [-0.25, -0.2) is 4.39 Å². The molecular formula is C11H11FN2O4. The van der Waals surface area contributed by atoms with Gasteiger partial charge < -0.3 is 10.4 Å². The Kier molecular flexibility index (Phi) is 3.24. The summed E-state index contributed by atoms with van der Waals surface area (Å²) in [6.07, 6.45) is 0.377. The molecule has 7 heteroatoms. The van der Waals surface area contributed by atoms with Crippen LogP contribution in [0.15, 0.2) is 18.2 Å². The Hall–Kier alpha value is -2.02. The van der Waals surface area contributed by atoms with E-state index in [0.717, 1.165) is 18.2 Å². The van der Waals surface area contributed by atoms with Crippen molar-refractivity contribution in [3.8, 4) is 0 Å². The highest BCUT2D eigenvalue weighted by molar-refractivity contribution is 5.98. The molecule has 96 valence electrons. The molecule has 1 aliphatic carbocycles. The van der Waals surface area contributed by atoms with Gasteiger partial charge >= 0.3 is 0 Å². The molecule has 0 atom stereocenters. The van der Waals surface area contributed by atoms with Gasteiger partial charge in [-0.1, -0.05) is 0 Å². The topological polar surface area (TPSA) is 92.5 Å². The van der Waals surface area contributed by atoms with Gasteiger partial charge in [-0.05, 0) is 25.0 Å². The largest absolute Gasteiger partial charge is 0.393 e. The molecule has 0 saturated heterocycles. The van der Waals surface area contributed by atoms with Crippen LogP contribution in [-0.4, -0.2) is 28.1 Å². The van der Waals surface area contributed by atoms with Gasteiger partial charge in [0.1, 0.15) is 11.4 Å². The average Bonchev–Trinajstić information content (AvgIpc) is 2.26. The van der Waals surface area contributed by atoms with Gasteiger partial charge in [0.15, 0.2) is 0 Å². The molecule has 0 bridgehead atoms. The Morgan fingerprint density at radius 2 is 2.17 bits per heavy atom. The van der Waals surface area contributed by atoms with Gasteiger partial charge in [-0.3, -0.25) is 14.9 Å². The molecule has 0 spiro atoms. The molecule has 1 aromatic rings. The Balaban J connectivity index is 2.18. The zero-order chi connectivity index (χ0) is 13.3. The van der Waals surface area contributed by atoms with Crippen LogP contribution >= 0.6 is 0 Å². The van der Waals surface area contributed by atoms with Crippen molar-refractivity contribution >= 4 is 11.6 Å². The van der Waals surface area contributed by atoms with Crippen molar-refractivity contribution in [3.63, 3.8) is 0 Å². The number of hydrogen-bond donors (Lipinski definition) is 2. The van der Waals surface area contributed by atoms with Crippen molar-refractivity contribution in [3.05, 3.63) is 39.7 Å². The van der Waals surface area contributed by atoms with E-state index in [1.807, 2.05) is 0 Å². The molecule has 0 unspecified atom stereocenters. The highest BCUT2D eigenvalue weighted by Gasteiger charge is 2.30. The molecular weight excluding hydrogens is 243 g/mol. The van der Waals surface area contributed by atoms with E-state index in [1.54, 1.807) is 0 Å². The molecule has 2 rings (SSSR count). The molecule has 0 aliphatic heterocycles. The third kappa shape index (κ3) is 2.45. The summed E-state index contributed by atoms with van der Waals surface area (Å²) < 4.78 is 13.0. The molecule has 6 nitrogen and oxygen atoms in total. The van der Waals surface area contributed by atoms with E-state index < -0.39 is 28.4 Å². The summed E-state index contributed by atoms with van der Waals surface area (Å²) in [6, 6.07) is 2.51. The maximum atomic E-state index is 13.0. The number of amides is 1. The minimum atomic E-state index is -0.732. The lowest BCUT2D eigenvalue weighted by Gasteiger charge is -2.31. The van der Waals surface area contributed by atoms with Crippen LogP contribution in [0.2, 0.25) is 0 Å². The first-order valence-corrected chi connectivity index (χ1v) is 5.40. The monoisotopic (exact) mass is 254 g/mol. The predicted octanol–water partition coefficient (Wildman–Crippen LogP) is 0.987. The lowest BCUT2D eigenvalue weighted by atomic mass is 9.89. The van der Waals surface area contributed by atoms with E-state index in [2.05, 4.69) is 5.32 Å². The minimum absolute atomic E-state index is 0.213. The fraction of sp³-hybridized carbons (Fsp3) is 0.364. The van der Waals surface area contributed by atoms with Crippen LogP contribution < -0.4 is 5.32 Å². The van der Waals surface area contributed by atoms with Crippen LogP contribution in [0.25, 0.3) is 0 Å². The highest BCUT2D eigenvalue weighted by atomic mass is 19.1. The van der Waals surface area contributed by atoms with Crippen LogP contribution in [0, 0.1) is 15.9 Å². The lowest BCUT2D eigenvalue weighted by molar-refractivity contribution is -0.385. The number of hydrogen-bond acceptors (Lipinski definition) is 4. The van der Waals surface area contributed by atoms with Crippen molar-refractivity contribution < 1.29 is 19.2 Å². The first-order valence-electron chi connectivity index (χ1n) is 5.40. The van der Waals surface area contributed by atoms with Gasteiger partial charge in [0.05, 0.1) is 11.0 Å². The van der Waals surface area contributed by atoms with Crippen LogP contribution in [0.1, 0.15) is 23.2 Å². The van der Waals surface area contributed by atoms with Gasteiger partial charge in [0.2, 0.25) is 0 Å². The molecule has 0 heterocycles. The second kappa shape index (κ2) is 4.69. The summed E-state index contributed by atoms with van der Waals surface area (Å²) >= 11 is 0. The Bertz CT molecular complexity index is 500. The van der Waals surface area contributed by atoms with Crippen molar-refractivity contribution in [2.75, 3.05) is 0 Å². The molecule has 2 N–H and O–H groups in total. The van der Waals surface area contributed by atoms with Crippen LogP contribution in [0.4, 0.5) is 10.1 Å². The van der Waals surface area contributed by atoms with Gasteiger partial charge in [-0.2, -0.15) is 0 Å². The predicted molar refractivity (Wildman–Crippen MR) is 59.5 cm³/mol. The molecule has 1 aromatic carbocycles. The maximum Gasteiger partial charge on any atom is 0.282 e. The zero-order valence-corrected chi connectivity index (χ0v) is 9.30. The summed E-state index contributed by atoms with van der Waals surface area (Å²) in [5, 5.41) is 22.3. The van der Waals surface area contributed by atoms with Gasteiger partial charge in [-0.15, -0.1) is 0 Å². The van der Waals surface area contributed by atoms with Crippen molar-refractivity contribution in [1.82, 2.24) is 5.32 Å². The third-order valence-electron chi connectivity index (χ3n) is 2.85. The smallest absolute Gasteiger partial charge is 0.282 e. The number of halogens is 1. The number of benzene rings is 1. The van der Waals surface area contributed by atoms with Crippen LogP contribution in [0.3, 0.4) is 0 Å². The van der Waals surface area contributed by atoms with Gasteiger partial charge in [0.25, 0.3) is 11.6 Å². The molecule has 18 heavy (non-hydrogen) atoms. The molecule has 0 radical (unpaired) electrons. The average molecular weight is 254 g/mol. The number of nitro benzene ring substituents is 1. The summed E-state index contributed by atoms with van der Waals surface area (Å²) in [5.41, 5.74) is -0.741. The Labute approximate surface area is 102 Å². The van der Waals surface area contributed by atoms with E-state index in [1.165, 1.54) is 0 Å². The van der Waals surface area contributed by atoms with E-state index in [0.29, 0.717) is 12.8 Å². The van der Waals surface area contributed by atoms with E-state index in [4.69, 9.17) is 5.11 Å². The Morgan fingerprint density at radius 3 is 2.72 bits per heavy atom. The van der Waals surface area contributed by atoms with Crippen molar-refractivity contribution in [2.45, 2.75) is 25.0 Å². The summed E-state index contributed by atoms with van der Waals surface area (Å²) in [6.45, 7) is 0. The number of rotatable bonds is 3. The summed E-state index contributed by atoms with van der Waals surface area (Å²) in [7, 11) is 0. The molecule has 1 fully saturated rings. The zero-order valence-electron chi connectivity index (χ0n) is 9.30. The lowest BCUT2D eigenvalue weighted by Crippen LogP contribution is -2.46. The van der Waals surface area contributed by atoms with Gasteiger partial charge in [0, 0.05) is 12.1 Å². The van der Waals surface area contributed by atoms with Crippen LogP contribution in [-0.2, 0) is 0 Å². The fourth-order valence-electron chi connectivity index (χ4n) is 1.82. The van der Waals surface area contributed by atoms with E-state index in [-0.39, 0.29) is 11.6 Å². The molecule has 1 amide bonds. The first kappa shape index (κ1) is 12.4. The number of carbonyl (C=O) groups excluding carboxylic acids is 1. The second-order valence-corrected chi connectivity index (χ2v) is 4.21. The third-order valence-corrected chi connectivity index (χ3v) is 2.85. The highest BCUT2D eigenvalue weighted by Crippen LogP contribution is 2.23. The van der Waals surface area contributed by atoms with Crippen LogP contribution in [0.5, 0.6) is 0 Å². The Morgan fingerprint density at radius 1 is 1.50 bits per heavy atom. The summed E-state index contributed by atoms with van der Waals surface area (Å²) in [5.74, 6) is -1.41. The SMILES string of the molecule is O=C(NC1CC(O)C1)c1cc(F)ccc1[N+](=O)[O-]. The van der Waals surface area contributed by atoms with E-state index >= 15 is 0 Å². The maximum absolute atomic E-state index is 13.0. The fourth-order valence-corrected chi connectivity index (χ4v) is 1.82. The standard InChI is InChI=1S/C11H11FN2O4/c12-6-1-2-10(14(17)18)9(3-6)11(16)13-7-4-8(15)5-7/h1-3,7-8,15H,4-5H2,(H,13,16). The number of aliphatic hydroxyl groups is 1. The number of nitrogens with zero attached hydrogens (tertiary/aromatic N) is 1. The molecule has 0 aromatic heterocycles. The quantitative estimate of drug-likeness (QED) is 0.621. The summed E-state index contributed by atoms with van der Waals surface area (Å²) in [4.78, 5) is 21.8. The molecule has 1 aliphatic rings. The second-order valence-electron chi connectivity index (χ2n) is 4.21. The molecule has 1 saturated carbocycles. The van der Waals surface area contributed by atoms with E-state index in [9.17, 15) is 19.3 Å².